The van der Waals surface area contributed by atoms with Gasteiger partial charge >= 0.3 is 0 Å². The highest BCUT2D eigenvalue weighted by molar-refractivity contribution is 6.03. The van der Waals surface area contributed by atoms with E-state index in [2.05, 4.69) is 5.32 Å². The van der Waals surface area contributed by atoms with Crippen LogP contribution in [0.5, 0.6) is 11.5 Å². The molecule has 0 unspecified atom stereocenters. The third-order valence-corrected chi connectivity index (χ3v) is 7.79. The molecule has 0 spiro atoms. The van der Waals surface area contributed by atoms with Crippen molar-refractivity contribution in [3.05, 3.63) is 59.8 Å². The Labute approximate surface area is 205 Å². The second-order valence-electron chi connectivity index (χ2n) is 10.2. The van der Waals surface area contributed by atoms with Gasteiger partial charge in [0.1, 0.15) is 11.2 Å². The Hall–Kier alpha value is -3.48. The van der Waals surface area contributed by atoms with Crippen molar-refractivity contribution in [2.45, 2.75) is 70.1 Å². The molecule has 0 radical (unpaired) electrons. The summed E-state index contributed by atoms with van der Waals surface area (Å²) in [5.41, 5.74) is 1.47. The number of carbonyl (C=O) groups is 2. The first-order chi connectivity index (χ1) is 17.0. The van der Waals surface area contributed by atoms with Gasteiger partial charge < -0.3 is 24.3 Å². The van der Waals surface area contributed by atoms with Gasteiger partial charge in [0.25, 0.3) is 5.91 Å². The van der Waals surface area contributed by atoms with Gasteiger partial charge in [-0.1, -0.05) is 49.9 Å². The van der Waals surface area contributed by atoms with E-state index in [-0.39, 0.29) is 24.6 Å². The summed E-state index contributed by atoms with van der Waals surface area (Å²) in [6.45, 7) is 2.82. The highest BCUT2D eigenvalue weighted by atomic mass is 16.7. The Balaban J connectivity index is 1.38. The summed E-state index contributed by atoms with van der Waals surface area (Å²) in [5.74, 6) is 1.16. The molecule has 6 rings (SSSR count). The molecule has 2 aliphatic heterocycles. The van der Waals surface area contributed by atoms with E-state index in [0.717, 1.165) is 42.1 Å². The number of para-hydroxylation sites is 1. The zero-order valence-electron chi connectivity index (χ0n) is 20.1. The normalized spacial score (nSPS) is 22.2. The molecule has 1 atom stereocenters. The van der Waals surface area contributed by atoms with Gasteiger partial charge in [-0.15, -0.1) is 0 Å². The lowest BCUT2D eigenvalue weighted by Crippen LogP contribution is -2.64. The monoisotopic (exact) mass is 473 g/mol. The first-order valence-corrected chi connectivity index (χ1v) is 12.6. The molecule has 1 saturated carbocycles. The number of carbonyl (C=O) groups excluding carboxylic acids is 2. The molecule has 182 valence electrons. The molecular weight excluding hydrogens is 442 g/mol. The molecular formula is C28H31N3O4. The minimum atomic E-state index is -1.03. The van der Waals surface area contributed by atoms with E-state index in [1.165, 1.54) is 12.8 Å². The van der Waals surface area contributed by atoms with Crippen molar-refractivity contribution in [2.75, 3.05) is 6.79 Å². The van der Waals surface area contributed by atoms with Crippen LogP contribution in [-0.2, 0) is 17.9 Å². The fourth-order valence-corrected chi connectivity index (χ4v) is 5.74. The minimum Gasteiger partial charge on any atom is -0.454 e. The van der Waals surface area contributed by atoms with E-state index in [1.807, 2.05) is 60.0 Å². The van der Waals surface area contributed by atoms with E-state index >= 15 is 0 Å². The minimum absolute atomic E-state index is 0.0816. The van der Waals surface area contributed by atoms with Crippen molar-refractivity contribution >= 4 is 22.7 Å². The van der Waals surface area contributed by atoms with Crippen LogP contribution in [0.3, 0.4) is 0 Å². The average molecular weight is 474 g/mol. The standard InChI is InChI=1S/C28H31N3O4/c1-28(27(33)29-21-9-4-2-3-5-10-21)17-30-22-11-7-6-8-20(22)15-23(30)26(32)31(28)16-19-12-13-24-25(14-19)35-18-34-24/h6-8,11-15,21H,2-5,9-10,16-18H2,1H3,(H,29,33)/t28-/m0/s1. The zero-order chi connectivity index (χ0) is 24.0. The summed E-state index contributed by atoms with van der Waals surface area (Å²) >= 11 is 0. The summed E-state index contributed by atoms with van der Waals surface area (Å²) in [5, 5.41) is 4.33. The van der Waals surface area contributed by atoms with E-state index in [9.17, 15) is 9.59 Å². The third-order valence-electron chi connectivity index (χ3n) is 7.79. The number of ether oxygens (including phenoxy) is 2. The summed E-state index contributed by atoms with van der Waals surface area (Å²) < 4.78 is 13.0. The molecule has 0 bridgehead atoms. The highest BCUT2D eigenvalue weighted by Gasteiger charge is 2.48. The van der Waals surface area contributed by atoms with E-state index in [0.29, 0.717) is 30.3 Å². The topological polar surface area (TPSA) is 72.8 Å². The van der Waals surface area contributed by atoms with Crippen molar-refractivity contribution in [2.24, 2.45) is 0 Å². The second kappa shape index (κ2) is 8.63. The number of nitrogens with one attached hydrogen (secondary N) is 1. The fraction of sp³-hybridized carbons (Fsp3) is 0.429. The number of benzene rings is 2. The average Bonchev–Trinajstić information content (AvgIpc) is 3.38. The molecule has 7 nitrogen and oxygen atoms in total. The van der Waals surface area contributed by atoms with Crippen LogP contribution in [0.2, 0.25) is 0 Å². The number of hydrogen-bond acceptors (Lipinski definition) is 4. The summed E-state index contributed by atoms with van der Waals surface area (Å²) in [6, 6.07) is 15.8. The Morgan fingerprint density at radius 1 is 1.03 bits per heavy atom. The molecule has 35 heavy (non-hydrogen) atoms. The predicted octanol–water partition coefficient (Wildman–Crippen LogP) is 4.62. The van der Waals surface area contributed by atoms with E-state index in [1.54, 1.807) is 4.90 Å². The molecule has 3 aliphatic rings. The number of nitrogens with zero attached hydrogens (tertiary/aromatic N) is 2. The molecule has 1 aromatic heterocycles. The Kier molecular flexibility index (Phi) is 5.43. The predicted molar refractivity (Wildman–Crippen MR) is 132 cm³/mol. The summed E-state index contributed by atoms with van der Waals surface area (Å²) in [6.07, 6.45) is 6.70. The van der Waals surface area contributed by atoms with Gasteiger partial charge in [-0.25, -0.2) is 0 Å². The fourth-order valence-electron chi connectivity index (χ4n) is 5.74. The van der Waals surface area contributed by atoms with Gasteiger partial charge in [0.15, 0.2) is 11.5 Å². The SMILES string of the molecule is C[C@@]1(C(=O)NC2CCCCCC2)Cn2c(cc3ccccc32)C(=O)N1Cc1ccc2c(c1)OCO2. The highest BCUT2D eigenvalue weighted by Crippen LogP contribution is 2.36. The molecule has 7 heteroatoms. The number of amides is 2. The van der Waals surface area contributed by atoms with Crippen LogP contribution in [0.4, 0.5) is 0 Å². The maximum absolute atomic E-state index is 14.0. The van der Waals surface area contributed by atoms with Gasteiger partial charge in [0.05, 0.1) is 6.54 Å². The van der Waals surface area contributed by atoms with Crippen LogP contribution in [0.15, 0.2) is 48.5 Å². The van der Waals surface area contributed by atoms with Crippen LogP contribution in [0.25, 0.3) is 10.9 Å². The van der Waals surface area contributed by atoms with E-state index < -0.39 is 5.54 Å². The lowest BCUT2D eigenvalue weighted by Gasteiger charge is -2.44. The molecule has 0 saturated heterocycles. The smallest absolute Gasteiger partial charge is 0.271 e. The van der Waals surface area contributed by atoms with Crippen molar-refractivity contribution in [1.29, 1.82) is 0 Å². The van der Waals surface area contributed by atoms with Crippen LogP contribution in [-0.4, -0.2) is 39.7 Å². The molecule has 3 heterocycles. The molecule has 2 amide bonds. The van der Waals surface area contributed by atoms with Crippen LogP contribution >= 0.6 is 0 Å². The Morgan fingerprint density at radius 3 is 2.63 bits per heavy atom. The van der Waals surface area contributed by atoms with Crippen LogP contribution < -0.4 is 14.8 Å². The van der Waals surface area contributed by atoms with Gasteiger partial charge in [-0.05, 0) is 49.6 Å². The molecule has 3 aromatic rings. The van der Waals surface area contributed by atoms with Gasteiger partial charge in [0.2, 0.25) is 12.7 Å². The quantitative estimate of drug-likeness (QED) is 0.561. The number of aromatic nitrogens is 1. The van der Waals surface area contributed by atoms with Gasteiger partial charge in [0, 0.05) is 23.5 Å². The zero-order valence-corrected chi connectivity index (χ0v) is 20.1. The molecule has 1 N–H and O–H groups in total. The number of hydrogen-bond donors (Lipinski definition) is 1. The van der Waals surface area contributed by atoms with E-state index in [4.69, 9.17) is 9.47 Å². The van der Waals surface area contributed by atoms with Crippen molar-refractivity contribution < 1.29 is 19.1 Å². The molecule has 1 fully saturated rings. The maximum Gasteiger partial charge on any atom is 0.271 e. The van der Waals surface area contributed by atoms with Gasteiger partial charge in [-0.2, -0.15) is 0 Å². The van der Waals surface area contributed by atoms with Crippen molar-refractivity contribution in [1.82, 2.24) is 14.8 Å². The van der Waals surface area contributed by atoms with Crippen LogP contribution in [0, 0.1) is 0 Å². The Morgan fingerprint density at radius 2 is 1.80 bits per heavy atom. The molecule has 1 aliphatic carbocycles. The lowest BCUT2D eigenvalue weighted by molar-refractivity contribution is -0.134. The lowest BCUT2D eigenvalue weighted by atomic mass is 9.93. The van der Waals surface area contributed by atoms with Gasteiger partial charge in [-0.3, -0.25) is 9.59 Å². The summed E-state index contributed by atoms with van der Waals surface area (Å²) in [4.78, 5) is 29.6. The van der Waals surface area contributed by atoms with Crippen LogP contribution in [0.1, 0.15) is 61.5 Å². The third kappa shape index (κ3) is 3.83. The maximum atomic E-state index is 14.0. The first kappa shape index (κ1) is 22.0. The second-order valence-corrected chi connectivity index (χ2v) is 10.2. The first-order valence-electron chi connectivity index (χ1n) is 12.6. The number of rotatable bonds is 4. The molecule has 2 aromatic carbocycles. The summed E-state index contributed by atoms with van der Waals surface area (Å²) in [7, 11) is 0. The van der Waals surface area contributed by atoms with Crippen molar-refractivity contribution in [3.63, 3.8) is 0 Å². The Bertz CT molecular complexity index is 1290. The largest absolute Gasteiger partial charge is 0.454 e. The van der Waals surface area contributed by atoms with Crippen molar-refractivity contribution in [3.8, 4) is 11.5 Å². The number of fused-ring (bicyclic) bond motifs is 4.